The lowest BCUT2D eigenvalue weighted by atomic mass is 10.3. The number of aryl methyl sites for hydroxylation is 2. The Hall–Kier alpha value is -2.10. The molecule has 0 bridgehead atoms. The zero-order valence-electron chi connectivity index (χ0n) is 10.1. The summed E-state index contributed by atoms with van der Waals surface area (Å²) in [5.41, 5.74) is 1.62. The van der Waals surface area contributed by atoms with Crippen molar-refractivity contribution in [1.29, 1.82) is 0 Å². The second-order valence-corrected chi connectivity index (χ2v) is 3.63. The first kappa shape index (κ1) is 11.4. The van der Waals surface area contributed by atoms with E-state index in [1.165, 1.54) is 6.33 Å². The Morgan fingerprint density at radius 2 is 1.53 bits per heavy atom. The summed E-state index contributed by atoms with van der Waals surface area (Å²) < 4.78 is 11.0. The van der Waals surface area contributed by atoms with E-state index in [4.69, 9.17) is 9.47 Å². The molecular weight excluding hydrogens is 216 g/mol. The maximum Gasteiger partial charge on any atom is 0.170 e. The first-order valence-corrected chi connectivity index (χ1v) is 5.31. The van der Waals surface area contributed by atoms with Gasteiger partial charge < -0.3 is 9.47 Å². The summed E-state index contributed by atoms with van der Waals surface area (Å²) in [6.45, 7) is 3.78. The molecule has 1 aromatic carbocycles. The van der Waals surface area contributed by atoms with Gasteiger partial charge in [-0.05, 0) is 26.0 Å². The first-order chi connectivity index (χ1) is 8.22. The minimum absolute atomic E-state index is 0.663. The third-order valence-electron chi connectivity index (χ3n) is 2.44. The largest absolute Gasteiger partial charge is 0.493 e. The summed E-state index contributed by atoms with van der Waals surface area (Å²) in [5, 5.41) is 0. The smallest absolute Gasteiger partial charge is 0.170 e. The number of ether oxygens (including phenoxy) is 2. The van der Waals surface area contributed by atoms with Crippen LogP contribution in [-0.4, -0.2) is 17.1 Å². The van der Waals surface area contributed by atoms with E-state index < -0.39 is 0 Å². The second kappa shape index (κ2) is 4.82. The van der Waals surface area contributed by atoms with Gasteiger partial charge in [0, 0.05) is 0 Å². The molecule has 0 unspecified atom stereocenters. The van der Waals surface area contributed by atoms with Gasteiger partial charge in [0.2, 0.25) is 0 Å². The lowest BCUT2D eigenvalue weighted by molar-refractivity contribution is 0.376. The molecule has 2 rings (SSSR count). The fourth-order valence-electron chi connectivity index (χ4n) is 1.54. The number of aromatic nitrogens is 2. The predicted molar refractivity (Wildman–Crippen MR) is 64.6 cm³/mol. The van der Waals surface area contributed by atoms with Crippen LogP contribution in [0.4, 0.5) is 0 Å². The van der Waals surface area contributed by atoms with Crippen LogP contribution in [0.3, 0.4) is 0 Å². The molecule has 0 spiro atoms. The molecule has 0 amide bonds. The SMILES string of the molecule is COc1ccccc1Oc1c(C)ncnc1C. The van der Waals surface area contributed by atoms with E-state index in [0.717, 1.165) is 11.4 Å². The van der Waals surface area contributed by atoms with Crippen molar-refractivity contribution in [1.82, 2.24) is 9.97 Å². The van der Waals surface area contributed by atoms with E-state index in [-0.39, 0.29) is 0 Å². The van der Waals surface area contributed by atoms with Crippen LogP contribution in [0.1, 0.15) is 11.4 Å². The number of para-hydroxylation sites is 2. The summed E-state index contributed by atoms with van der Waals surface area (Å²) in [5.74, 6) is 2.03. The third-order valence-corrected chi connectivity index (χ3v) is 2.44. The molecule has 0 aliphatic carbocycles. The van der Waals surface area contributed by atoms with Gasteiger partial charge in [-0.15, -0.1) is 0 Å². The van der Waals surface area contributed by atoms with Crippen molar-refractivity contribution in [3.63, 3.8) is 0 Å². The molecule has 2 aromatic rings. The van der Waals surface area contributed by atoms with E-state index in [1.54, 1.807) is 7.11 Å². The highest BCUT2D eigenvalue weighted by molar-refractivity contribution is 5.44. The van der Waals surface area contributed by atoms with Crippen LogP contribution in [0.25, 0.3) is 0 Å². The summed E-state index contributed by atoms with van der Waals surface area (Å²) in [6, 6.07) is 7.49. The van der Waals surface area contributed by atoms with Gasteiger partial charge in [-0.3, -0.25) is 0 Å². The van der Waals surface area contributed by atoms with Gasteiger partial charge in [-0.1, -0.05) is 12.1 Å². The van der Waals surface area contributed by atoms with Crippen LogP contribution >= 0.6 is 0 Å². The molecule has 0 atom stereocenters. The van der Waals surface area contributed by atoms with E-state index in [2.05, 4.69) is 9.97 Å². The molecule has 0 saturated carbocycles. The topological polar surface area (TPSA) is 44.2 Å². The third kappa shape index (κ3) is 2.36. The molecule has 4 heteroatoms. The van der Waals surface area contributed by atoms with Gasteiger partial charge in [0.05, 0.1) is 18.5 Å². The average Bonchev–Trinajstić information content (AvgIpc) is 2.34. The van der Waals surface area contributed by atoms with Crippen molar-refractivity contribution in [2.24, 2.45) is 0 Å². The lowest BCUT2D eigenvalue weighted by Crippen LogP contribution is -1.97. The highest BCUT2D eigenvalue weighted by atomic mass is 16.5. The number of rotatable bonds is 3. The van der Waals surface area contributed by atoms with Gasteiger partial charge in [0.25, 0.3) is 0 Å². The molecule has 4 nitrogen and oxygen atoms in total. The monoisotopic (exact) mass is 230 g/mol. The Bertz CT molecular complexity index is 506. The highest BCUT2D eigenvalue weighted by Crippen LogP contribution is 2.32. The molecule has 88 valence electrons. The molecular formula is C13H14N2O2. The molecule has 1 aromatic heterocycles. The lowest BCUT2D eigenvalue weighted by Gasteiger charge is -2.12. The number of methoxy groups -OCH3 is 1. The Kier molecular flexibility index (Phi) is 3.23. The number of hydrogen-bond donors (Lipinski definition) is 0. The van der Waals surface area contributed by atoms with E-state index in [9.17, 15) is 0 Å². The van der Waals surface area contributed by atoms with E-state index >= 15 is 0 Å². The normalized spacial score (nSPS) is 10.1. The van der Waals surface area contributed by atoms with Crippen LogP contribution in [0.5, 0.6) is 17.2 Å². The molecule has 1 heterocycles. The fraction of sp³-hybridized carbons (Fsp3) is 0.231. The highest BCUT2D eigenvalue weighted by Gasteiger charge is 2.10. The van der Waals surface area contributed by atoms with E-state index in [1.807, 2.05) is 38.1 Å². The fourth-order valence-corrected chi connectivity index (χ4v) is 1.54. The Morgan fingerprint density at radius 3 is 2.12 bits per heavy atom. The minimum atomic E-state index is 0.663. The zero-order valence-corrected chi connectivity index (χ0v) is 10.1. The Morgan fingerprint density at radius 1 is 0.941 bits per heavy atom. The summed E-state index contributed by atoms with van der Waals surface area (Å²) in [6.07, 6.45) is 1.53. The van der Waals surface area contributed by atoms with Crippen LogP contribution in [0.2, 0.25) is 0 Å². The molecule has 0 fully saturated rings. The molecule has 17 heavy (non-hydrogen) atoms. The molecule has 0 saturated heterocycles. The molecule has 0 aliphatic rings. The van der Waals surface area contributed by atoms with Crippen LogP contribution in [0.15, 0.2) is 30.6 Å². The maximum atomic E-state index is 5.81. The quantitative estimate of drug-likeness (QED) is 0.813. The summed E-state index contributed by atoms with van der Waals surface area (Å²) in [7, 11) is 1.61. The summed E-state index contributed by atoms with van der Waals surface area (Å²) in [4.78, 5) is 8.23. The Labute approximate surface area is 100 Å². The second-order valence-electron chi connectivity index (χ2n) is 3.63. The van der Waals surface area contributed by atoms with Gasteiger partial charge in [-0.2, -0.15) is 0 Å². The van der Waals surface area contributed by atoms with Gasteiger partial charge in [0.15, 0.2) is 17.2 Å². The molecule has 0 radical (unpaired) electrons. The van der Waals surface area contributed by atoms with Crippen LogP contribution in [-0.2, 0) is 0 Å². The van der Waals surface area contributed by atoms with Gasteiger partial charge in [-0.25, -0.2) is 9.97 Å². The average molecular weight is 230 g/mol. The molecule has 0 N–H and O–H groups in total. The van der Waals surface area contributed by atoms with Crippen molar-refractivity contribution in [3.05, 3.63) is 42.0 Å². The number of nitrogens with zero attached hydrogens (tertiary/aromatic N) is 2. The van der Waals surface area contributed by atoms with Gasteiger partial charge >= 0.3 is 0 Å². The maximum absolute atomic E-state index is 5.81. The van der Waals surface area contributed by atoms with Crippen LogP contribution < -0.4 is 9.47 Å². The van der Waals surface area contributed by atoms with Crippen molar-refractivity contribution in [3.8, 4) is 17.2 Å². The van der Waals surface area contributed by atoms with E-state index in [0.29, 0.717) is 17.2 Å². The Balaban J connectivity index is 2.38. The number of benzene rings is 1. The van der Waals surface area contributed by atoms with Gasteiger partial charge in [0.1, 0.15) is 6.33 Å². The molecule has 0 aliphatic heterocycles. The zero-order chi connectivity index (χ0) is 12.3. The van der Waals surface area contributed by atoms with Crippen molar-refractivity contribution in [2.75, 3.05) is 7.11 Å². The number of hydrogen-bond acceptors (Lipinski definition) is 4. The summed E-state index contributed by atoms with van der Waals surface area (Å²) >= 11 is 0. The standard InChI is InChI=1S/C13H14N2O2/c1-9-13(10(2)15-8-14-9)17-12-7-5-4-6-11(12)16-3/h4-8H,1-3H3. The van der Waals surface area contributed by atoms with Crippen molar-refractivity contribution >= 4 is 0 Å². The minimum Gasteiger partial charge on any atom is -0.493 e. The van der Waals surface area contributed by atoms with Crippen molar-refractivity contribution in [2.45, 2.75) is 13.8 Å². The first-order valence-electron chi connectivity index (χ1n) is 5.31. The predicted octanol–water partition coefficient (Wildman–Crippen LogP) is 2.89. The van der Waals surface area contributed by atoms with Crippen LogP contribution in [0, 0.1) is 13.8 Å². The van der Waals surface area contributed by atoms with Crippen molar-refractivity contribution < 1.29 is 9.47 Å².